The van der Waals surface area contributed by atoms with Gasteiger partial charge in [-0.05, 0) is 41.3 Å². The number of hydrogen-bond donors (Lipinski definition) is 4. The highest BCUT2D eigenvalue weighted by molar-refractivity contribution is 7.89. The van der Waals surface area contributed by atoms with Gasteiger partial charge in [0.2, 0.25) is 10.0 Å². The predicted octanol–water partition coefficient (Wildman–Crippen LogP) is 2.91. The molecule has 36 heavy (non-hydrogen) atoms. The summed E-state index contributed by atoms with van der Waals surface area (Å²) in [5, 5.41) is 15.5. The number of amides is 2. The fourth-order valence-corrected chi connectivity index (χ4v) is 4.49. The number of benzene rings is 3. The molecule has 0 unspecified atom stereocenters. The summed E-state index contributed by atoms with van der Waals surface area (Å²) in [5.41, 5.74) is 8.27. The fraction of sp³-hybridized carbons (Fsp3) is 0.192. The third kappa shape index (κ3) is 6.77. The number of rotatable bonds is 8. The van der Waals surface area contributed by atoms with E-state index in [1.165, 1.54) is 11.0 Å². The molecule has 3 aromatic rings. The first-order valence-electron chi connectivity index (χ1n) is 11.2. The van der Waals surface area contributed by atoms with Crippen molar-refractivity contribution in [3.05, 3.63) is 83.9 Å². The minimum Gasteiger partial charge on any atom is -0.384 e. The number of nitrogens with two attached hydrogens (primary N) is 2. The van der Waals surface area contributed by atoms with E-state index in [0.29, 0.717) is 28.9 Å². The number of primary sulfonamides is 1. The summed E-state index contributed by atoms with van der Waals surface area (Å²) in [6.07, 6.45) is 0. The Balaban J connectivity index is 1.77. The zero-order chi connectivity index (χ0) is 26.5. The molecule has 10 heteroatoms. The van der Waals surface area contributed by atoms with Crippen LogP contribution in [-0.2, 0) is 26.2 Å². The van der Waals surface area contributed by atoms with Gasteiger partial charge in [-0.2, -0.15) is 0 Å². The van der Waals surface area contributed by atoms with E-state index in [0.717, 1.165) is 5.56 Å². The maximum atomic E-state index is 13.0. The Hall–Kier alpha value is -4.02. The van der Waals surface area contributed by atoms with Gasteiger partial charge < -0.3 is 16.0 Å². The third-order valence-electron chi connectivity index (χ3n) is 5.33. The van der Waals surface area contributed by atoms with Crippen molar-refractivity contribution < 1.29 is 18.0 Å². The first kappa shape index (κ1) is 26.6. The molecule has 188 valence electrons. The monoisotopic (exact) mass is 507 g/mol. The lowest BCUT2D eigenvalue weighted by atomic mass is 10.1. The number of nitrogens with one attached hydrogen (secondary N) is 2. The Morgan fingerprint density at radius 1 is 1.00 bits per heavy atom. The molecule has 0 fully saturated rings. The third-order valence-corrected chi connectivity index (χ3v) is 6.29. The van der Waals surface area contributed by atoms with E-state index in [9.17, 15) is 18.0 Å². The Morgan fingerprint density at radius 2 is 1.67 bits per heavy atom. The molecule has 0 aromatic heterocycles. The van der Waals surface area contributed by atoms with Gasteiger partial charge in [0.1, 0.15) is 5.84 Å². The molecular weight excluding hydrogens is 478 g/mol. The predicted molar refractivity (Wildman–Crippen MR) is 140 cm³/mol. The molecule has 3 rings (SSSR count). The smallest absolute Gasteiger partial charge is 0.313 e. The Bertz CT molecular complexity index is 1390. The second kappa shape index (κ2) is 11.1. The van der Waals surface area contributed by atoms with Crippen molar-refractivity contribution in [1.82, 2.24) is 4.90 Å². The minimum absolute atomic E-state index is 0.00451. The Kier molecular flexibility index (Phi) is 8.23. The summed E-state index contributed by atoms with van der Waals surface area (Å²) in [6, 6.07) is 19.8. The van der Waals surface area contributed by atoms with Crippen LogP contribution in [0.4, 0.5) is 5.69 Å². The zero-order valence-electron chi connectivity index (χ0n) is 20.1. The quantitative estimate of drug-likeness (QED) is 0.209. The van der Waals surface area contributed by atoms with Crippen LogP contribution in [0.3, 0.4) is 0 Å². The lowest BCUT2D eigenvalue weighted by molar-refractivity contribution is -0.143. The normalized spacial score (nSPS) is 11.2. The number of nitrogen functional groups attached to an aromatic ring is 1. The van der Waals surface area contributed by atoms with E-state index < -0.39 is 21.8 Å². The van der Waals surface area contributed by atoms with Crippen LogP contribution >= 0.6 is 0 Å². The lowest BCUT2D eigenvalue weighted by Gasteiger charge is -2.24. The fourth-order valence-electron chi connectivity index (χ4n) is 3.73. The molecular formula is C26H29N5O4S. The van der Waals surface area contributed by atoms with Crippen LogP contribution in [0.15, 0.2) is 77.7 Å². The van der Waals surface area contributed by atoms with Crippen LogP contribution in [-0.4, -0.2) is 37.5 Å². The second-order valence-electron chi connectivity index (χ2n) is 8.77. The summed E-state index contributed by atoms with van der Waals surface area (Å²) < 4.78 is 23.8. The van der Waals surface area contributed by atoms with E-state index in [1.54, 1.807) is 60.7 Å². The molecule has 0 atom stereocenters. The number of nitrogens with zero attached hydrogens (tertiary/aromatic N) is 1. The summed E-state index contributed by atoms with van der Waals surface area (Å²) in [6.45, 7) is 4.44. The molecule has 2 amide bonds. The number of carbonyl (C=O) groups excluding carboxylic acids is 2. The second-order valence-corrected chi connectivity index (χ2v) is 10.3. The SMILES string of the molecule is CC(C)CN(Cc1cccc(C(=N)N)c1)C(=O)C(=O)Nc1ccc(-c2ccccc2S(N)(=O)=O)cc1. The van der Waals surface area contributed by atoms with E-state index in [-0.39, 0.29) is 23.2 Å². The van der Waals surface area contributed by atoms with Gasteiger partial charge in [-0.15, -0.1) is 0 Å². The zero-order valence-corrected chi connectivity index (χ0v) is 20.9. The van der Waals surface area contributed by atoms with Crippen molar-refractivity contribution >= 4 is 33.4 Å². The molecule has 0 aliphatic carbocycles. The van der Waals surface area contributed by atoms with Gasteiger partial charge in [0, 0.05) is 29.9 Å². The lowest BCUT2D eigenvalue weighted by Crippen LogP contribution is -2.41. The summed E-state index contributed by atoms with van der Waals surface area (Å²) in [4.78, 5) is 27.3. The minimum atomic E-state index is -3.91. The van der Waals surface area contributed by atoms with Crippen LogP contribution in [0.25, 0.3) is 11.1 Å². The molecule has 0 aliphatic heterocycles. The van der Waals surface area contributed by atoms with Gasteiger partial charge in [0.25, 0.3) is 0 Å². The topological polar surface area (TPSA) is 159 Å². The Labute approximate surface area is 210 Å². The van der Waals surface area contributed by atoms with Crippen molar-refractivity contribution in [3.8, 4) is 11.1 Å². The molecule has 9 nitrogen and oxygen atoms in total. The number of hydrogen-bond acceptors (Lipinski definition) is 5. The van der Waals surface area contributed by atoms with Crippen LogP contribution in [0.2, 0.25) is 0 Å². The van der Waals surface area contributed by atoms with Crippen LogP contribution in [0, 0.1) is 11.3 Å². The van der Waals surface area contributed by atoms with Crippen molar-refractivity contribution in [2.24, 2.45) is 16.8 Å². The number of amidine groups is 1. The van der Waals surface area contributed by atoms with Gasteiger partial charge in [0.15, 0.2) is 0 Å². The van der Waals surface area contributed by atoms with Crippen molar-refractivity contribution in [3.63, 3.8) is 0 Å². The first-order chi connectivity index (χ1) is 17.0. The van der Waals surface area contributed by atoms with Crippen molar-refractivity contribution in [2.45, 2.75) is 25.3 Å². The number of carbonyl (C=O) groups is 2. The summed E-state index contributed by atoms with van der Waals surface area (Å²) in [5.74, 6) is -1.45. The highest BCUT2D eigenvalue weighted by Gasteiger charge is 2.23. The average Bonchev–Trinajstić information content (AvgIpc) is 2.83. The van der Waals surface area contributed by atoms with Crippen LogP contribution in [0.5, 0.6) is 0 Å². The van der Waals surface area contributed by atoms with E-state index in [1.807, 2.05) is 19.9 Å². The van der Waals surface area contributed by atoms with E-state index >= 15 is 0 Å². The first-order valence-corrected chi connectivity index (χ1v) is 12.8. The largest absolute Gasteiger partial charge is 0.384 e. The molecule has 0 radical (unpaired) electrons. The average molecular weight is 508 g/mol. The molecule has 6 N–H and O–H groups in total. The Morgan fingerprint density at radius 3 is 2.28 bits per heavy atom. The van der Waals surface area contributed by atoms with E-state index in [2.05, 4.69) is 5.32 Å². The maximum Gasteiger partial charge on any atom is 0.313 e. The molecule has 0 spiro atoms. The van der Waals surface area contributed by atoms with Gasteiger partial charge in [0.05, 0.1) is 4.90 Å². The number of sulfonamides is 1. The molecule has 0 heterocycles. The van der Waals surface area contributed by atoms with Gasteiger partial charge in [-0.3, -0.25) is 15.0 Å². The maximum absolute atomic E-state index is 13.0. The van der Waals surface area contributed by atoms with E-state index in [4.69, 9.17) is 16.3 Å². The van der Waals surface area contributed by atoms with Crippen molar-refractivity contribution in [2.75, 3.05) is 11.9 Å². The van der Waals surface area contributed by atoms with Crippen LogP contribution in [0.1, 0.15) is 25.0 Å². The van der Waals surface area contributed by atoms with Crippen molar-refractivity contribution in [1.29, 1.82) is 5.41 Å². The molecule has 0 bridgehead atoms. The molecule has 0 saturated heterocycles. The summed E-state index contributed by atoms with van der Waals surface area (Å²) >= 11 is 0. The van der Waals surface area contributed by atoms with Gasteiger partial charge >= 0.3 is 11.8 Å². The highest BCUT2D eigenvalue weighted by atomic mass is 32.2. The standard InChI is InChI=1S/C26H29N5O4S/c1-17(2)15-31(16-18-6-5-7-20(14-18)24(27)28)26(33)25(32)30-21-12-10-19(11-13-21)22-8-3-4-9-23(22)36(29,34)35/h3-14,17H,15-16H2,1-2H3,(H3,27,28)(H,30,32)(H2,29,34,35). The molecule has 0 saturated carbocycles. The van der Waals surface area contributed by atoms with Crippen LogP contribution < -0.4 is 16.2 Å². The summed E-state index contributed by atoms with van der Waals surface area (Å²) in [7, 11) is -3.91. The highest BCUT2D eigenvalue weighted by Crippen LogP contribution is 2.27. The molecule has 3 aromatic carbocycles. The molecule has 0 aliphatic rings. The van der Waals surface area contributed by atoms with Gasteiger partial charge in [-0.25, -0.2) is 13.6 Å². The van der Waals surface area contributed by atoms with Gasteiger partial charge in [-0.1, -0.05) is 62.4 Å². The number of anilines is 1.